The molecule has 0 spiro atoms. The fourth-order valence-corrected chi connectivity index (χ4v) is 3.12. The summed E-state index contributed by atoms with van der Waals surface area (Å²) in [4.78, 5) is 13.2. The molecule has 0 saturated carbocycles. The van der Waals surface area contributed by atoms with Gasteiger partial charge in [0.25, 0.3) is 0 Å². The number of hydrogen-bond donors (Lipinski definition) is 4. The van der Waals surface area contributed by atoms with Gasteiger partial charge in [0.1, 0.15) is 22.9 Å². The van der Waals surface area contributed by atoms with Gasteiger partial charge in [-0.25, -0.2) is 0 Å². The van der Waals surface area contributed by atoms with E-state index in [-0.39, 0.29) is 41.5 Å². The number of phenolic OH excluding ortho intramolecular Hbond substituents is 3. The van der Waals surface area contributed by atoms with Gasteiger partial charge in [-0.3, -0.25) is 4.79 Å². The van der Waals surface area contributed by atoms with Crippen molar-refractivity contribution in [1.29, 1.82) is 0 Å². The molecule has 0 aromatic heterocycles. The number of nitrogens with zero attached hydrogens (tertiary/aromatic N) is 1. The monoisotopic (exact) mass is 430 g/mol. The Morgan fingerprint density at radius 2 is 1.84 bits per heavy atom. The molecular weight excluding hydrogens is 400 g/mol. The van der Waals surface area contributed by atoms with E-state index in [4.69, 9.17) is 9.47 Å². The summed E-state index contributed by atoms with van der Waals surface area (Å²) in [5.74, 6) is -0.450. The molecule has 8 heteroatoms. The average Bonchev–Trinajstić information content (AvgIpc) is 2.73. The molecule has 0 radical (unpaired) electrons. The van der Waals surface area contributed by atoms with Crippen molar-refractivity contribution in [3.63, 3.8) is 0 Å². The van der Waals surface area contributed by atoms with E-state index in [1.807, 2.05) is 13.0 Å². The summed E-state index contributed by atoms with van der Waals surface area (Å²) in [5, 5.41) is 33.6. The van der Waals surface area contributed by atoms with Crippen LogP contribution in [0.15, 0.2) is 42.0 Å². The second kappa shape index (κ2) is 11.2. The molecule has 1 amide bonds. The number of amides is 1. The molecule has 0 fully saturated rings. The van der Waals surface area contributed by atoms with Gasteiger partial charge in [0.05, 0.1) is 11.4 Å². The molecule has 168 valence electrons. The van der Waals surface area contributed by atoms with Crippen LogP contribution in [0.3, 0.4) is 0 Å². The minimum absolute atomic E-state index is 0.00217. The molecule has 31 heavy (non-hydrogen) atoms. The van der Waals surface area contributed by atoms with Crippen LogP contribution >= 0.6 is 0 Å². The first-order valence-electron chi connectivity index (χ1n) is 9.85. The maximum absolute atomic E-state index is 11.9. The lowest BCUT2D eigenvalue weighted by molar-refractivity contribution is -0.107. The number of allylic oxidation sites excluding steroid dienone is 1. The van der Waals surface area contributed by atoms with E-state index in [1.54, 1.807) is 33.3 Å². The van der Waals surface area contributed by atoms with Crippen LogP contribution in [0.5, 0.6) is 17.2 Å². The highest BCUT2D eigenvalue weighted by molar-refractivity contribution is 5.90. The molecule has 0 unspecified atom stereocenters. The summed E-state index contributed by atoms with van der Waals surface area (Å²) >= 11 is 0. The van der Waals surface area contributed by atoms with Crippen LogP contribution in [0, 0.1) is 6.92 Å². The Bertz CT molecular complexity index is 904. The summed E-state index contributed by atoms with van der Waals surface area (Å²) in [6.45, 7) is 3.96. The molecule has 8 nitrogen and oxygen atoms in total. The molecule has 2 aromatic carbocycles. The number of aromatic hydroxyl groups is 3. The SMILES string of the molecule is COC(CCC(C)=CCN(C=O)c1cc(O)cc(O)c1Nc1c(C)cccc1O)OC. The van der Waals surface area contributed by atoms with Crippen molar-refractivity contribution < 1.29 is 29.6 Å². The van der Waals surface area contributed by atoms with Gasteiger partial charge in [-0.05, 0) is 31.9 Å². The second-order valence-corrected chi connectivity index (χ2v) is 7.20. The van der Waals surface area contributed by atoms with Gasteiger partial charge in [-0.15, -0.1) is 0 Å². The van der Waals surface area contributed by atoms with Crippen molar-refractivity contribution in [1.82, 2.24) is 0 Å². The van der Waals surface area contributed by atoms with E-state index < -0.39 is 0 Å². The predicted octanol–water partition coefficient (Wildman–Crippen LogP) is 4.16. The number of anilines is 3. The summed E-state index contributed by atoms with van der Waals surface area (Å²) < 4.78 is 10.4. The predicted molar refractivity (Wildman–Crippen MR) is 120 cm³/mol. The van der Waals surface area contributed by atoms with Gasteiger partial charge in [0.15, 0.2) is 6.29 Å². The first-order valence-corrected chi connectivity index (χ1v) is 9.85. The Morgan fingerprint density at radius 3 is 2.45 bits per heavy atom. The zero-order valence-corrected chi connectivity index (χ0v) is 18.3. The first kappa shape index (κ1) is 24.0. The minimum Gasteiger partial charge on any atom is -0.508 e. The Morgan fingerprint density at radius 1 is 1.13 bits per heavy atom. The molecule has 0 atom stereocenters. The summed E-state index contributed by atoms with van der Waals surface area (Å²) in [5.41, 5.74) is 2.64. The quantitative estimate of drug-likeness (QED) is 0.139. The lowest BCUT2D eigenvalue weighted by Crippen LogP contribution is -2.22. The lowest BCUT2D eigenvalue weighted by atomic mass is 10.1. The van der Waals surface area contributed by atoms with Crippen molar-refractivity contribution in [2.75, 3.05) is 31.0 Å². The molecule has 2 rings (SSSR count). The van der Waals surface area contributed by atoms with Crippen molar-refractivity contribution in [3.8, 4) is 17.2 Å². The number of carbonyl (C=O) groups is 1. The summed E-state index contributed by atoms with van der Waals surface area (Å²) in [6, 6.07) is 7.57. The zero-order chi connectivity index (χ0) is 23.0. The van der Waals surface area contributed by atoms with Gasteiger partial charge >= 0.3 is 0 Å². The van der Waals surface area contributed by atoms with Gasteiger partial charge in [-0.1, -0.05) is 23.8 Å². The van der Waals surface area contributed by atoms with Gasteiger partial charge in [0, 0.05) is 39.3 Å². The van der Waals surface area contributed by atoms with E-state index in [0.717, 1.165) is 11.1 Å². The molecule has 0 aliphatic rings. The van der Waals surface area contributed by atoms with E-state index in [9.17, 15) is 20.1 Å². The number of phenols is 3. The lowest BCUT2D eigenvalue weighted by Gasteiger charge is -2.23. The molecule has 0 aliphatic heterocycles. The Balaban J connectivity index is 2.30. The number of nitrogens with one attached hydrogen (secondary N) is 1. The van der Waals surface area contributed by atoms with Gasteiger partial charge in [0.2, 0.25) is 6.41 Å². The van der Waals surface area contributed by atoms with Crippen LogP contribution in [0.4, 0.5) is 17.1 Å². The maximum Gasteiger partial charge on any atom is 0.214 e. The largest absolute Gasteiger partial charge is 0.508 e. The topological polar surface area (TPSA) is 111 Å². The van der Waals surface area contributed by atoms with Crippen LogP contribution in [0.1, 0.15) is 25.3 Å². The number of benzene rings is 2. The second-order valence-electron chi connectivity index (χ2n) is 7.20. The Kier molecular flexibility index (Phi) is 8.72. The Hall–Kier alpha value is -3.23. The number of hydrogen-bond acceptors (Lipinski definition) is 7. The van der Waals surface area contributed by atoms with Crippen LogP contribution in [-0.2, 0) is 14.3 Å². The number of aryl methyl sites for hydroxylation is 1. The third-order valence-corrected chi connectivity index (χ3v) is 4.96. The highest BCUT2D eigenvalue weighted by Gasteiger charge is 2.18. The van der Waals surface area contributed by atoms with Crippen LogP contribution < -0.4 is 10.2 Å². The zero-order valence-electron chi connectivity index (χ0n) is 18.3. The van der Waals surface area contributed by atoms with Gasteiger partial charge < -0.3 is 35.0 Å². The number of rotatable bonds is 11. The summed E-state index contributed by atoms with van der Waals surface area (Å²) in [6.07, 6.45) is 3.59. The standard InChI is InChI=1S/C23H30N2O6/c1-15(8-9-21(30-3)31-4)10-11-25(14-26)18-12-17(27)13-20(29)23(18)24-22-16(2)6-5-7-19(22)28/h5-7,10,12-14,21,24,27-29H,8-9,11H2,1-4H3. The molecular formula is C23H30N2O6. The van der Waals surface area contributed by atoms with Crippen molar-refractivity contribution in [2.45, 2.75) is 33.0 Å². The van der Waals surface area contributed by atoms with Crippen LogP contribution in [0.25, 0.3) is 0 Å². The highest BCUT2D eigenvalue weighted by atomic mass is 16.7. The maximum atomic E-state index is 11.9. The molecule has 0 bridgehead atoms. The number of methoxy groups -OCH3 is 2. The van der Waals surface area contributed by atoms with E-state index in [2.05, 4.69) is 5.32 Å². The molecule has 0 saturated heterocycles. The molecule has 4 N–H and O–H groups in total. The third kappa shape index (κ3) is 6.37. The Labute approximate surface area is 182 Å². The highest BCUT2D eigenvalue weighted by Crippen LogP contribution is 2.42. The first-order chi connectivity index (χ1) is 14.8. The average molecular weight is 431 g/mol. The summed E-state index contributed by atoms with van der Waals surface area (Å²) in [7, 11) is 3.16. The molecule has 0 aliphatic carbocycles. The molecule has 2 aromatic rings. The number of ether oxygens (including phenoxy) is 2. The van der Waals surface area contributed by atoms with E-state index in [1.165, 1.54) is 23.1 Å². The van der Waals surface area contributed by atoms with Crippen molar-refractivity contribution >= 4 is 23.5 Å². The fraction of sp³-hybridized carbons (Fsp3) is 0.348. The van der Waals surface area contributed by atoms with E-state index in [0.29, 0.717) is 24.9 Å². The van der Waals surface area contributed by atoms with Crippen LogP contribution in [0.2, 0.25) is 0 Å². The third-order valence-electron chi connectivity index (χ3n) is 4.96. The molecule has 0 heterocycles. The van der Waals surface area contributed by atoms with Crippen molar-refractivity contribution in [3.05, 3.63) is 47.5 Å². The van der Waals surface area contributed by atoms with Crippen molar-refractivity contribution in [2.24, 2.45) is 0 Å². The normalized spacial score (nSPS) is 11.6. The number of para-hydroxylation sites is 1. The minimum atomic E-state index is -0.300. The smallest absolute Gasteiger partial charge is 0.214 e. The number of carbonyl (C=O) groups excluding carboxylic acids is 1. The van der Waals surface area contributed by atoms with Crippen LogP contribution in [-0.4, -0.2) is 48.8 Å². The fourth-order valence-electron chi connectivity index (χ4n) is 3.12. The van der Waals surface area contributed by atoms with Gasteiger partial charge in [-0.2, -0.15) is 0 Å². The van der Waals surface area contributed by atoms with E-state index >= 15 is 0 Å².